The minimum Gasteiger partial charge on any atom is -0.398 e. The number of hydrogen-bond acceptors (Lipinski definition) is 2. The van der Waals surface area contributed by atoms with Gasteiger partial charge in [-0.05, 0) is 25.4 Å². The molecule has 0 radical (unpaired) electrons. The molecule has 0 saturated carbocycles. The van der Waals surface area contributed by atoms with Crippen molar-refractivity contribution in [2.75, 3.05) is 14.2 Å². The van der Waals surface area contributed by atoms with Crippen molar-refractivity contribution in [3.05, 3.63) is 0 Å². The van der Waals surface area contributed by atoms with Crippen LogP contribution in [0.5, 0.6) is 0 Å². The van der Waals surface area contributed by atoms with Crippen molar-refractivity contribution in [3.8, 4) is 0 Å². The molecule has 0 saturated heterocycles. The van der Waals surface area contributed by atoms with E-state index in [9.17, 15) is 0 Å². The van der Waals surface area contributed by atoms with Crippen LogP contribution in [0.25, 0.3) is 0 Å². The lowest BCUT2D eigenvalue weighted by atomic mass is 10.3. The van der Waals surface area contributed by atoms with Crippen LogP contribution in [0.3, 0.4) is 0 Å². The molecule has 0 aliphatic heterocycles. The summed E-state index contributed by atoms with van der Waals surface area (Å²) in [6.07, 6.45) is 2.30. The Hall–Kier alpha value is 0.617. The van der Waals surface area contributed by atoms with Crippen LogP contribution < -0.4 is 0 Å². The van der Waals surface area contributed by atoms with E-state index in [1.807, 2.05) is 0 Å². The topological polar surface area (TPSA) is 18.5 Å². The van der Waals surface area contributed by atoms with Crippen molar-refractivity contribution < 1.29 is 8.85 Å². The van der Waals surface area contributed by atoms with Crippen LogP contribution in [0.2, 0.25) is 12.6 Å². The SMILES string of the molecule is CCC(Br)CC[Si](C)(OC)OC. The fourth-order valence-corrected chi connectivity index (χ4v) is 3.01. The average Bonchev–Trinajstić information content (AvgIpc) is 2.13. The first-order valence-electron chi connectivity index (χ1n) is 4.32. The van der Waals surface area contributed by atoms with Crippen LogP contribution >= 0.6 is 15.9 Å². The highest BCUT2D eigenvalue weighted by Gasteiger charge is 2.28. The smallest absolute Gasteiger partial charge is 0.334 e. The van der Waals surface area contributed by atoms with Crippen LogP contribution in [0, 0.1) is 0 Å². The van der Waals surface area contributed by atoms with Crippen molar-refractivity contribution in [3.63, 3.8) is 0 Å². The summed E-state index contributed by atoms with van der Waals surface area (Å²) < 4.78 is 10.8. The number of halogens is 1. The summed E-state index contributed by atoms with van der Waals surface area (Å²) in [5.41, 5.74) is 0. The average molecular weight is 255 g/mol. The van der Waals surface area contributed by atoms with E-state index in [4.69, 9.17) is 8.85 Å². The third kappa shape index (κ3) is 4.60. The highest BCUT2D eigenvalue weighted by Crippen LogP contribution is 2.20. The van der Waals surface area contributed by atoms with Gasteiger partial charge in [0.05, 0.1) is 0 Å². The Morgan fingerprint density at radius 2 is 1.83 bits per heavy atom. The zero-order valence-electron chi connectivity index (χ0n) is 8.39. The highest BCUT2D eigenvalue weighted by molar-refractivity contribution is 9.09. The van der Waals surface area contributed by atoms with Gasteiger partial charge in [0.1, 0.15) is 0 Å². The number of alkyl halides is 1. The maximum absolute atomic E-state index is 5.38. The predicted molar refractivity (Wildman–Crippen MR) is 58.1 cm³/mol. The summed E-state index contributed by atoms with van der Waals surface area (Å²) in [7, 11) is 1.68. The normalized spacial score (nSPS) is 14.8. The molecule has 1 unspecified atom stereocenters. The van der Waals surface area contributed by atoms with Crippen LogP contribution in [0.4, 0.5) is 0 Å². The van der Waals surface area contributed by atoms with Crippen LogP contribution in [-0.2, 0) is 8.85 Å². The second kappa shape index (κ2) is 6.13. The Labute approximate surface area is 85.0 Å². The Balaban J connectivity index is 3.72. The summed E-state index contributed by atoms with van der Waals surface area (Å²) in [5.74, 6) is 0. The Morgan fingerprint density at radius 3 is 2.17 bits per heavy atom. The van der Waals surface area contributed by atoms with Crippen molar-refractivity contribution in [2.45, 2.75) is 37.2 Å². The molecule has 0 aliphatic rings. The molecule has 0 amide bonds. The summed E-state index contributed by atoms with van der Waals surface area (Å²) in [5, 5.41) is 0. The maximum atomic E-state index is 5.38. The lowest BCUT2D eigenvalue weighted by Gasteiger charge is -2.23. The second-order valence-corrected chi connectivity index (χ2v) is 7.97. The fourth-order valence-electron chi connectivity index (χ4n) is 0.910. The first-order valence-corrected chi connectivity index (χ1v) is 7.76. The molecule has 0 spiro atoms. The van der Waals surface area contributed by atoms with E-state index in [0.717, 1.165) is 18.9 Å². The molecular weight excluding hydrogens is 236 g/mol. The van der Waals surface area contributed by atoms with Gasteiger partial charge in [-0.1, -0.05) is 22.9 Å². The lowest BCUT2D eigenvalue weighted by Crippen LogP contribution is -2.36. The lowest BCUT2D eigenvalue weighted by molar-refractivity contribution is 0.248. The zero-order valence-corrected chi connectivity index (χ0v) is 11.0. The summed E-state index contributed by atoms with van der Waals surface area (Å²) in [6, 6.07) is 1.06. The monoisotopic (exact) mass is 254 g/mol. The van der Waals surface area contributed by atoms with E-state index < -0.39 is 8.56 Å². The number of hydrogen-bond donors (Lipinski definition) is 0. The van der Waals surface area contributed by atoms with E-state index in [1.54, 1.807) is 14.2 Å². The van der Waals surface area contributed by atoms with Gasteiger partial charge in [-0.15, -0.1) is 0 Å². The first-order chi connectivity index (χ1) is 5.58. The van der Waals surface area contributed by atoms with Crippen LogP contribution in [0.15, 0.2) is 0 Å². The largest absolute Gasteiger partial charge is 0.398 e. The molecule has 0 aromatic heterocycles. The minimum absolute atomic E-state index is 0.606. The molecule has 0 fully saturated rings. The molecular formula is C8H19BrO2Si. The first kappa shape index (κ1) is 12.6. The molecule has 0 heterocycles. The second-order valence-electron chi connectivity index (χ2n) is 3.09. The van der Waals surface area contributed by atoms with Gasteiger partial charge < -0.3 is 8.85 Å². The maximum Gasteiger partial charge on any atom is 0.334 e. The van der Waals surface area contributed by atoms with Crippen molar-refractivity contribution in [2.24, 2.45) is 0 Å². The predicted octanol–water partition coefficient (Wildman–Crippen LogP) is 2.91. The van der Waals surface area contributed by atoms with Crippen molar-refractivity contribution in [1.82, 2.24) is 0 Å². The third-order valence-corrected chi connectivity index (χ3v) is 6.25. The molecule has 0 aliphatic carbocycles. The standard InChI is InChI=1S/C8H19BrO2Si/c1-5-8(9)6-7-12(4,10-2)11-3/h8H,5-7H2,1-4H3. The quantitative estimate of drug-likeness (QED) is 0.536. The molecule has 74 valence electrons. The zero-order chi connectivity index (χ0) is 9.61. The molecule has 0 aromatic carbocycles. The van der Waals surface area contributed by atoms with Gasteiger partial charge in [0, 0.05) is 19.0 Å². The van der Waals surface area contributed by atoms with Gasteiger partial charge in [0.15, 0.2) is 0 Å². The number of rotatable bonds is 6. The van der Waals surface area contributed by atoms with E-state index in [-0.39, 0.29) is 0 Å². The Kier molecular flexibility index (Phi) is 6.44. The van der Waals surface area contributed by atoms with Gasteiger partial charge in [0.2, 0.25) is 0 Å². The summed E-state index contributed by atoms with van der Waals surface area (Å²) >= 11 is 3.60. The highest BCUT2D eigenvalue weighted by atomic mass is 79.9. The van der Waals surface area contributed by atoms with Gasteiger partial charge in [-0.25, -0.2) is 0 Å². The minimum atomic E-state index is -1.81. The Bertz CT molecular complexity index is 118. The van der Waals surface area contributed by atoms with Gasteiger partial charge in [-0.2, -0.15) is 0 Å². The molecule has 12 heavy (non-hydrogen) atoms. The van der Waals surface area contributed by atoms with E-state index in [0.29, 0.717) is 4.83 Å². The molecule has 1 atom stereocenters. The third-order valence-electron chi connectivity index (χ3n) is 2.22. The fraction of sp³-hybridized carbons (Fsp3) is 1.00. The van der Waals surface area contributed by atoms with Gasteiger partial charge >= 0.3 is 8.56 Å². The van der Waals surface area contributed by atoms with Crippen molar-refractivity contribution >= 4 is 24.5 Å². The molecule has 0 bridgehead atoms. The van der Waals surface area contributed by atoms with Crippen LogP contribution in [0.1, 0.15) is 19.8 Å². The van der Waals surface area contributed by atoms with Crippen LogP contribution in [-0.4, -0.2) is 27.6 Å². The summed E-state index contributed by atoms with van der Waals surface area (Å²) in [4.78, 5) is 0.606. The molecule has 2 nitrogen and oxygen atoms in total. The van der Waals surface area contributed by atoms with Gasteiger partial charge in [0.25, 0.3) is 0 Å². The van der Waals surface area contributed by atoms with Gasteiger partial charge in [-0.3, -0.25) is 0 Å². The molecule has 0 N–H and O–H groups in total. The summed E-state index contributed by atoms with van der Waals surface area (Å²) in [6.45, 7) is 4.28. The molecule has 0 aromatic rings. The Morgan fingerprint density at radius 1 is 1.33 bits per heavy atom. The molecule has 4 heteroatoms. The van der Waals surface area contributed by atoms with E-state index >= 15 is 0 Å². The van der Waals surface area contributed by atoms with E-state index in [1.165, 1.54) is 0 Å². The molecule has 0 rings (SSSR count). The van der Waals surface area contributed by atoms with E-state index in [2.05, 4.69) is 29.4 Å². The van der Waals surface area contributed by atoms with Crippen molar-refractivity contribution in [1.29, 1.82) is 0 Å².